The van der Waals surface area contributed by atoms with E-state index in [1.807, 2.05) is 18.2 Å². The Morgan fingerprint density at radius 3 is 3.19 bits per heavy atom. The number of anilines is 1. The van der Waals surface area contributed by atoms with Crippen LogP contribution < -0.4 is 10.6 Å². The Kier molecular flexibility index (Phi) is 4.14. The number of fused-ring (bicyclic) bond motifs is 1. The fourth-order valence-corrected chi connectivity index (χ4v) is 2.63. The molecular formula is C15H19N5O. The number of hydrogen-bond donors (Lipinski definition) is 3. The molecule has 0 fully saturated rings. The number of aromatic nitrogens is 3. The summed E-state index contributed by atoms with van der Waals surface area (Å²) in [5, 5.41) is 12.9. The van der Waals surface area contributed by atoms with Gasteiger partial charge in [0.2, 0.25) is 0 Å². The van der Waals surface area contributed by atoms with Gasteiger partial charge >= 0.3 is 0 Å². The van der Waals surface area contributed by atoms with Crippen LogP contribution in [0.4, 0.5) is 5.69 Å². The summed E-state index contributed by atoms with van der Waals surface area (Å²) in [5.41, 5.74) is 3.02. The van der Waals surface area contributed by atoms with Crippen LogP contribution >= 0.6 is 0 Å². The van der Waals surface area contributed by atoms with Gasteiger partial charge in [0.1, 0.15) is 12.2 Å². The van der Waals surface area contributed by atoms with Gasteiger partial charge in [0.05, 0.1) is 0 Å². The molecule has 0 atom stereocenters. The zero-order chi connectivity index (χ0) is 14.5. The van der Waals surface area contributed by atoms with Crippen LogP contribution in [0.2, 0.25) is 0 Å². The van der Waals surface area contributed by atoms with Crippen molar-refractivity contribution < 1.29 is 4.79 Å². The summed E-state index contributed by atoms with van der Waals surface area (Å²) in [6.45, 7) is 1.62. The number of nitrogens with one attached hydrogen (secondary N) is 3. The number of nitrogens with zero attached hydrogens (tertiary/aromatic N) is 2. The minimum atomic E-state index is 0.00752. The Hall–Kier alpha value is -2.37. The fourth-order valence-electron chi connectivity index (χ4n) is 2.63. The minimum absolute atomic E-state index is 0.00752. The molecule has 1 aromatic carbocycles. The number of carbonyl (C=O) groups is 1. The van der Waals surface area contributed by atoms with Gasteiger partial charge < -0.3 is 10.6 Å². The number of rotatable bonds is 5. The summed E-state index contributed by atoms with van der Waals surface area (Å²) < 4.78 is 0. The van der Waals surface area contributed by atoms with Crippen molar-refractivity contribution in [1.29, 1.82) is 0 Å². The number of hydrogen-bond acceptors (Lipinski definition) is 4. The Balaban J connectivity index is 1.56. The number of aryl methyl sites for hydroxylation is 1. The van der Waals surface area contributed by atoms with Gasteiger partial charge in [-0.2, -0.15) is 5.10 Å². The zero-order valence-corrected chi connectivity index (χ0v) is 11.9. The van der Waals surface area contributed by atoms with E-state index in [2.05, 4.69) is 25.8 Å². The van der Waals surface area contributed by atoms with E-state index in [0.717, 1.165) is 54.9 Å². The van der Waals surface area contributed by atoms with E-state index in [1.165, 1.54) is 6.33 Å². The van der Waals surface area contributed by atoms with Gasteiger partial charge in [-0.15, -0.1) is 0 Å². The van der Waals surface area contributed by atoms with Gasteiger partial charge in [0.15, 0.2) is 0 Å². The first-order chi connectivity index (χ1) is 10.3. The van der Waals surface area contributed by atoms with Crippen LogP contribution in [0.25, 0.3) is 0 Å². The van der Waals surface area contributed by atoms with E-state index in [0.29, 0.717) is 6.54 Å². The van der Waals surface area contributed by atoms with Gasteiger partial charge in [0, 0.05) is 30.8 Å². The van der Waals surface area contributed by atoms with Gasteiger partial charge in [-0.05, 0) is 37.0 Å². The molecule has 2 heterocycles. The average Bonchev–Trinajstić information content (AvgIpc) is 3.04. The highest BCUT2D eigenvalue weighted by molar-refractivity contribution is 5.97. The van der Waals surface area contributed by atoms with Gasteiger partial charge in [-0.3, -0.25) is 9.89 Å². The summed E-state index contributed by atoms with van der Waals surface area (Å²) >= 11 is 0. The van der Waals surface area contributed by atoms with E-state index >= 15 is 0 Å². The molecule has 6 heteroatoms. The molecule has 0 bridgehead atoms. The summed E-state index contributed by atoms with van der Waals surface area (Å²) in [4.78, 5) is 16.4. The molecule has 3 rings (SSSR count). The first-order valence-corrected chi connectivity index (χ1v) is 7.33. The van der Waals surface area contributed by atoms with Crippen molar-refractivity contribution in [2.45, 2.75) is 25.7 Å². The minimum Gasteiger partial charge on any atom is -0.385 e. The first-order valence-electron chi connectivity index (χ1n) is 7.33. The zero-order valence-electron chi connectivity index (χ0n) is 11.9. The maximum atomic E-state index is 12.3. The SMILES string of the molecule is O=C(NCCCc1ncn[nH]1)c1cccc2c1CCCN2. The van der Waals surface area contributed by atoms with E-state index in [4.69, 9.17) is 0 Å². The third kappa shape index (κ3) is 3.21. The lowest BCUT2D eigenvalue weighted by Crippen LogP contribution is -2.27. The van der Waals surface area contributed by atoms with Crippen LogP contribution in [0, 0.1) is 0 Å². The third-order valence-electron chi connectivity index (χ3n) is 3.68. The van der Waals surface area contributed by atoms with Crippen LogP contribution in [0.15, 0.2) is 24.5 Å². The van der Waals surface area contributed by atoms with Crippen LogP contribution in [0.3, 0.4) is 0 Å². The van der Waals surface area contributed by atoms with Crippen LogP contribution in [0.5, 0.6) is 0 Å². The lowest BCUT2D eigenvalue weighted by atomic mass is 9.97. The number of aromatic amines is 1. The molecule has 0 radical (unpaired) electrons. The Morgan fingerprint density at radius 2 is 2.33 bits per heavy atom. The Bertz CT molecular complexity index is 609. The summed E-state index contributed by atoms with van der Waals surface area (Å²) in [6.07, 6.45) is 5.16. The number of carbonyl (C=O) groups excluding carboxylic acids is 1. The second kappa shape index (κ2) is 6.39. The molecule has 0 spiro atoms. The molecule has 1 aromatic heterocycles. The lowest BCUT2D eigenvalue weighted by molar-refractivity contribution is 0.0952. The first kappa shape index (κ1) is 13.6. The highest BCUT2D eigenvalue weighted by atomic mass is 16.1. The predicted octanol–water partition coefficient (Wildman–Crippen LogP) is 1.53. The van der Waals surface area contributed by atoms with Gasteiger partial charge in [-0.1, -0.05) is 6.07 Å². The van der Waals surface area contributed by atoms with Crippen molar-refractivity contribution in [3.63, 3.8) is 0 Å². The van der Waals surface area contributed by atoms with Crippen LogP contribution in [0.1, 0.15) is 34.6 Å². The molecule has 0 saturated carbocycles. The van der Waals surface area contributed by atoms with Crippen LogP contribution in [-0.2, 0) is 12.8 Å². The van der Waals surface area contributed by atoms with E-state index in [1.54, 1.807) is 0 Å². The monoisotopic (exact) mass is 285 g/mol. The molecule has 0 aliphatic carbocycles. The molecule has 110 valence electrons. The predicted molar refractivity (Wildman–Crippen MR) is 80.3 cm³/mol. The maximum Gasteiger partial charge on any atom is 0.251 e. The van der Waals surface area contributed by atoms with Crippen molar-refractivity contribution in [2.24, 2.45) is 0 Å². The highest BCUT2D eigenvalue weighted by Gasteiger charge is 2.16. The quantitative estimate of drug-likeness (QED) is 0.727. The van der Waals surface area contributed by atoms with Crippen LogP contribution in [-0.4, -0.2) is 34.2 Å². The van der Waals surface area contributed by atoms with Crippen molar-refractivity contribution in [1.82, 2.24) is 20.5 Å². The highest BCUT2D eigenvalue weighted by Crippen LogP contribution is 2.25. The van der Waals surface area contributed by atoms with E-state index < -0.39 is 0 Å². The van der Waals surface area contributed by atoms with Gasteiger partial charge in [0.25, 0.3) is 5.91 Å². The van der Waals surface area contributed by atoms with Gasteiger partial charge in [-0.25, -0.2) is 4.98 Å². The van der Waals surface area contributed by atoms with Crippen molar-refractivity contribution >= 4 is 11.6 Å². The number of benzene rings is 1. The Morgan fingerprint density at radius 1 is 1.38 bits per heavy atom. The normalized spacial score (nSPS) is 13.3. The molecule has 2 aromatic rings. The van der Waals surface area contributed by atoms with Crippen molar-refractivity contribution in [3.8, 4) is 0 Å². The van der Waals surface area contributed by atoms with Crippen molar-refractivity contribution in [2.75, 3.05) is 18.4 Å². The van der Waals surface area contributed by atoms with E-state index in [9.17, 15) is 4.79 Å². The molecule has 1 amide bonds. The number of amides is 1. The molecule has 0 unspecified atom stereocenters. The molecule has 0 saturated heterocycles. The third-order valence-corrected chi connectivity index (χ3v) is 3.68. The fraction of sp³-hybridized carbons (Fsp3) is 0.400. The summed E-state index contributed by atoms with van der Waals surface area (Å²) in [7, 11) is 0. The number of H-pyrrole nitrogens is 1. The largest absolute Gasteiger partial charge is 0.385 e. The average molecular weight is 285 g/mol. The van der Waals surface area contributed by atoms with Crippen molar-refractivity contribution in [3.05, 3.63) is 41.5 Å². The smallest absolute Gasteiger partial charge is 0.251 e. The Labute approximate surface area is 123 Å². The molecule has 21 heavy (non-hydrogen) atoms. The topological polar surface area (TPSA) is 82.7 Å². The molecule has 3 N–H and O–H groups in total. The molecule has 6 nitrogen and oxygen atoms in total. The second-order valence-electron chi connectivity index (χ2n) is 5.15. The second-order valence-corrected chi connectivity index (χ2v) is 5.15. The molecule has 1 aliphatic heterocycles. The molecule has 1 aliphatic rings. The standard InChI is InChI=1S/C15H19N5O/c21-15(17-9-3-7-14-18-10-19-20-14)12-4-1-6-13-11(12)5-2-8-16-13/h1,4,6,10,16H,2-3,5,7-9H2,(H,17,21)(H,18,19,20). The molecular weight excluding hydrogens is 266 g/mol. The summed E-state index contributed by atoms with van der Waals surface area (Å²) in [6, 6.07) is 5.87. The lowest BCUT2D eigenvalue weighted by Gasteiger charge is -2.20. The maximum absolute atomic E-state index is 12.3. The van der Waals surface area contributed by atoms with E-state index in [-0.39, 0.29) is 5.91 Å². The summed E-state index contributed by atoms with van der Waals surface area (Å²) in [5.74, 6) is 0.860.